The van der Waals surface area contributed by atoms with E-state index in [1.807, 2.05) is 55.5 Å². The van der Waals surface area contributed by atoms with Crippen molar-refractivity contribution in [2.75, 3.05) is 20.3 Å². The zero-order chi connectivity index (χ0) is 41.7. The number of likely N-dealkylation sites (N-methyl/N-ethyl adjacent to an activating group) is 1. The molecule has 1 fully saturated rings. The molecule has 1 aromatic heterocycles. The van der Waals surface area contributed by atoms with E-state index in [4.69, 9.17) is 10.5 Å². The monoisotopic (exact) mass is 797 g/mol. The van der Waals surface area contributed by atoms with Gasteiger partial charge in [-0.15, -0.1) is 11.3 Å². The Morgan fingerprint density at radius 3 is 2.36 bits per heavy atom. The van der Waals surface area contributed by atoms with Crippen LogP contribution in [0.5, 0.6) is 5.75 Å². The Morgan fingerprint density at radius 2 is 1.77 bits per heavy atom. The molecule has 13 heteroatoms. The standard InChI is InChI=1S/C43H67N5O7S/c1-10-14-37(50)55-26-48(42(54)38(28(5)11-2)43(7,8)39(51)35-15-12-13-22-47(35)9)34(27(3)4)20-21-36-46-33(25-56-36)41(53)45-31(23-29(6)40(44)52)24-30-16-18-32(49)19-17-30/h16-19,25,27-29,31,34-35,38,49H,10-15,20-24,26H2,1-9H3,(H2,44,52)(H,45,53)/t28?,29-,31+,34+,35+,38-/m0/s1. The highest BCUT2D eigenvalue weighted by molar-refractivity contribution is 7.09. The summed E-state index contributed by atoms with van der Waals surface area (Å²) in [6.45, 7) is 16.2. The van der Waals surface area contributed by atoms with Crippen LogP contribution >= 0.6 is 11.3 Å². The lowest BCUT2D eigenvalue weighted by molar-refractivity contribution is -0.164. The van der Waals surface area contributed by atoms with Crippen molar-refractivity contribution in [1.82, 2.24) is 20.1 Å². The lowest BCUT2D eigenvalue weighted by Crippen LogP contribution is -2.56. The highest BCUT2D eigenvalue weighted by Crippen LogP contribution is 2.40. The van der Waals surface area contributed by atoms with Crippen molar-refractivity contribution in [1.29, 1.82) is 0 Å². The zero-order valence-corrected chi connectivity index (χ0v) is 36.0. The molecule has 0 radical (unpaired) electrons. The first-order valence-corrected chi connectivity index (χ1v) is 21.3. The number of ketones is 1. The van der Waals surface area contributed by atoms with Gasteiger partial charge in [-0.25, -0.2) is 4.98 Å². The van der Waals surface area contributed by atoms with Crippen LogP contribution in [0.25, 0.3) is 0 Å². The van der Waals surface area contributed by atoms with E-state index in [9.17, 15) is 24.3 Å². The van der Waals surface area contributed by atoms with Gasteiger partial charge in [-0.2, -0.15) is 0 Å². The molecule has 3 amide bonds. The van der Waals surface area contributed by atoms with Gasteiger partial charge >= 0.3 is 5.97 Å². The molecular weight excluding hydrogens is 731 g/mol. The SMILES string of the molecule is CCCC(=O)OCN(C(=O)[C@H](C(C)CC)C(C)(C)C(=O)[C@H]1CCCCN1C)[C@H](CCc1nc(C(=O)N[C@@H](Cc2ccc(O)cc2)C[C@H](C)C(N)=O)cs1)C(C)C. The van der Waals surface area contributed by atoms with Gasteiger partial charge in [0.1, 0.15) is 11.4 Å². The van der Waals surface area contributed by atoms with Crippen molar-refractivity contribution in [3.05, 3.63) is 45.9 Å². The third-order valence-corrected chi connectivity index (χ3v) is 12.5. The van der Waals surface area contributed by atoms with Crippen molar-refractivity contribution in [3.8, 4) is 5.75 Å². The van der Waals surface area contributed by atoms with E-state index in [-0.39, 0.29) is 72.1 Å². The number of esters is 1. The molecule has 2 heterocycles. The van der Waals surface area contributed by atoms with Gasteiger partial charge in [-0.05, 0) is 81.6 Å². The number of nitrogens with one attached hydrogen (secondary N) is 1. The van der Waals surface area contributed by atoms with Gasteiger partial charge in [0.15, 0.2) is 12.5 Å². The Labute approximate surface area is 338 Å². The first-order valence-electron chi connectivity index (χ1n) is 20.4. The van der Waals surface area contributed by atoms with Crippen LogP contribution in [0, 0.1) is 29.1 Å². The quantitative estimate of drug-likeness (QED) is 0.0885. The molecule has 3 rings (SSSR count). The Kier molecular flexibility index (Phi) is 18.0. The number of rotatable bonds is 22. The number of aromatic nitrogens is 1. The minimum atomic E-state index is -0.969. The van der Waals surface area contributed by atoms with Crippen LogP contribution in [-0.2, 0) is 36.8 Å². The van der Waals surface area contributed by atoms with Gasteiger partial charge in [-0.3, -0.25) is 28.9 Å². The maximum atomic E-state index is 15.0. The number of amides is 3. The summed E-state index contributed by atoms with van der Waals surface area (Å²) in [7, 11) is 1.99. The first kappa shape index (κ1) is 46.5. The van der Waals surface area contributed by atoms with E-state index in [0.29, 0.717) is 43.5 Å². The highest BCUT2D eigenvalue weighted by atomic mass is 32.1. The summed E-state index contributed by atoms with van der Waals surface area (Å²) in [6, 6.07) is 5.69. The van der Waals surface area contributed by atoms with Gasteiger partial charge in [-0.1, -0.05) is 80.4 Å². The lowest BCUT2D eigenvalue weighted by Gasteiger charge is -2.44. The van der Waals surface area contributed by atoms with Crippen molar-refractivity contribution < 1.29 is 33.8 Å². The smallest absolute Gasteiger partial charge is 0.307 e. The fourth-order valence-electron chi connectivity index (χ4n) is 7.97. The number of piperidine rings is 1. The number of aryl methyl sites for hydroxylation is 1. The highest BCUT2D eigenvalue weighted by Gasteiger charge is 2.49. The molecular formula is C43H67N5O7S. The van der Waals surface area contributed by atoms with E-state index in [2.05, 4.69) is 15.2 Å². The normalized spacial score (nSPS) is 17.7. The van der Waals surface area contributed by atoms with E-state index in [0.717, 1.165) is 31.4 Å². The van der Waals surface area contributed by atoms with Crippen LogP contribution in [0.1, 0.15) is 128 Å². The van der Waals surface area contributed by atoms with Crippen LogP contribution in [-0.4, -0.2) is 87.8 Å². The molecule has 0 bridgehead atoms. The minimum absolute atomic E-state index is 0.0275. The van der Waals surface area contributed by atoms with E-state index >= 15 is 4.79 Å². The van der Waals surface area contributed by atoms with Crippen molar-refractivity contribution >= 4 is 40.8 Å². The molecule has 1 aliphatic heterocycles. The number of benzene rings is 1. The number of nitrogens with zero attached hydrogens (tertiary/aromatic N) is 3. The second kappa shape index (κ2) is 21.6. The minimum Gasteiger partial charge on any atom is -0.508 e. The predicted octanol–water partition coefficient (Wildman–Crippen LogP) is 6.53. The number of carbonyl (C=O) groups excluding carboxylic acids is 5. The summed E-state index contributed by atoms with van der Waals surface area (Å²) in [5, 5.41) is 15.2. The number of thiazole rings is 1. The Balaban J connectivity index is 1.87. The van der Waals surface area contributed by atoms with E-state index in [1.165, 1.54) is 11.3 Å². The largest absolute Gasteiger partial charge is 0.508 e. The van der Waals surface area contributed by atoms with Gasteiger partial charge in [0, 0.05) is 41.6 Å². The Bertz CT molecular complexity index is 1610. The molecule has 2 aromatic rings. The van der Waals surface area contributed by atoms with Crippen molar-refractivity contribution in [2.24, 2.45) is 34.8 Å². The predicted molar refractivity (Wildman–Crippen MR) is 220 cm³/mol. The summed E-state index contributed by atoms with van der Waals surface area (Å²) in [5.41, 5.74) is 5.72. The number of Topliss-reactive ketones (excluding diaryl/α,β-unsaturated/α-hetero) is 1. The van der Waals surface area contributed by atoms with Crippen LogP contribution in [0.2, 0.25) is 0 Å². The lowest BCUT2D eigenvalue weighted by atomic mass is 9.66. The zero-order valence-electron chi connectivity index (χ0n) is 35.1. The van der Waals surface area contributed by atoms with Gasteiger partial charge in [0.2, 0.25) is 11.8 Å². The molecule has 4 N–H and O–H groups in total. The van der Waals surface area contributed by atoms with E-state index < -0.39 is 29.2 Å². The molecule has 1 saturated heterocycles. The van der Waals surface area contributed by atoms with Gasteiger partial charge in [0.05, 0.1) is 17.0 Å². The number of carbonyl (C=O) groups is 5. The second-order valence-corrected chi connectivity index (χ2v) is 17.6. The van der Waals surface area contributed by atoms with Crippen molar-refractivity contribution in [2.45, 2.75) is 138 Å². The van der Waals surface area contributed by atoms with Gasteiger partial charge < -0.3 is 25.8 Å². The fourth-order valence-corrected chi connectivity index (χ4v) is 8.76. The molecule has 1 aromatic carbocycles. The molecule has 0 aliphatic carbocycles. The van der Waals surface area contributed by atoms with Crippen molar-refractivity contribution in [3.63, 3.8) is 0 Å². The average molecular weight is 798 g/mol. The van der Waals surface area contributed by atoms with E-state index in [1.54, 1.807) is 41.5 Å². The second-order valence-electron chi connectivity index (χ2n) is 16.7. The number of likely N-dealkylation sites (tertiary alicyclic amines) is 1. The Hall–Kier alpha value is -3.84. The Morgan fingerprint density at radius 1 is 1.09 bits per heavy atom. The molecule has 1 aliphatic rings. The molecule has 0 spiro atoms. The average Bonchev–Trinajstić information content (AvgIpc) is 3.62. The van der Waals surface area contributed by atoms with Crippen LogP contribution in [0.15, 0.2) is 29.6 Å². The first-order chi connectivity index (χ1) is 26.4. The maximum Gasteiger partial charge on any atom is 0.307 e. The summed E-state index contributed by atoms with van der Waals surface area (Å²) < 4.78 is 5.75. The summed E-state index contributed by atoms with van der Waals surface area (Å²) in [4.78, 5) is 75.9. The summed E-state index contributed by atoms with van der Waals surface area (Å²) in [6.07, 6.45) is 6.07. The van der Waals surface area contributed by atoms with Crippen LogP contribution in [0.3, 0.4) is 0 Å². The molecule has 6 atom stereocenters. The number of hydrogen-bond acceptors (Lipinski definition) is 10. The molecule has 312 valence electrons. The van der Waals surface area contributed by atoms with Gasteiger partial charge in [0.25, 0.3) is 5.91 Å². The number of phenolic OH excluding ortho intramolecular Hbond substituents is 1. The number of ether oxygens (including phenoxy) is 1. The topological polar surface area (TPSA) is 172 Å². The summed E-state index contributed by atoms with van der Waals surface area (Å²) in [5.74, 6) is -2.44. The summed E-state index contributed by atoms with van der Waals surface area (Å²) >= 11 is 1.36. The third kappa shape index (κ3) is 12.8. The fraction of sp³-hybridized carbons (Fsp3) is 0.674. The number of primary amides is 1. The van der Waals surface area contributed by atoms with Crippen LogP contribution < -0.4 is 11.1 Å². The van der Waals surface area contributed by atoms with Crippen LogP contribution in [0.4, 0.5) is 0 Å². The number of nitrogens with two attached hydrogens (primary N) is 1. The number of phenols is 1. The number of hydrogen-bond donors (Lipinski definition) is 3. The molecule has 1 unspecified atom stereocenters. The third-order valence-electron chi connectivity index (χ3n) is 11.6. The maximum absolute atomic E-state index is 15.0. The molecule has 0 saturated carbocycles. The molecule has 56 heavy (non-hydrogen) atoms. The molecule has 12 nitrogen and oxygen atoms in total. The number of aromatic hydroxyl groups is 1.